The standard InChI is InChI=1S/C12H12O/c1-4-9(2)12(13)11-8-6-5-7-10(11)3/h4-8H,1-2H2,3H3. The monoisotopic (exact) mass is 172 g/mol. The summed E-state index contributed by atoms with van der Waals surface area (Å²) in [5.74, 6) is -0.0481. The van der Waals surface area contributed by atoms with Crippen LogP contribution in [0.1, 0.15) is 15.9 Å². The van der Waals surface area contributed by atoms with Crippen LogP contribution in [0.5, 0.6) is 0 Å². The molecule has 1 aromatic carbocycles. The fourth-order valence-electron chi connectivity index (χ4n) is 1.09. The van der Waals surface area contributed by atoms with E-state index >= 15 is 0 Å². The van der Waals surface area contributed by atoms with E-state index in [1.54, 1.807) is 6.07 Å². The number of allylic oxidation sites excluding steroid dienone is 2. The number of rotatable bonds is 3. The largest absolute Gasteiger partial charge is 0.289 e. The first-order valence-corrected chi connectivity index (χ1v) is 4.08. The minimum absolute atomic E-state index is 0.0481. The van der Waals surface area contributed by atoms with Crippen LogP contribution >= 0.6 is 0 Å². The second kappa shape index (κ2) is 3.85. The van der Waals surface area contributed by atoms with Crippen LogP contribution in [0, 0.1) is 6.92 Å². The Morgan fingerprint density at radius 3 is 2.54 bits per heavy atom. The summed E-state index contributed by atoms with van der Waals surface area (Å²) in [6.07, 6.45) is 1.48. The highest BCUT2D eigenvalue weighted by Crippen LogP contribution is 2.12. The molecule has 0 atom stereocenters. The van der Waals surface area contributed by atoms with Gasteiger partial charge < -0.3 is 0 Å². The molecule has 66 valence electrons. The van der Waals surface area contributed by atoms with Gasteiger partial charge >= 0.3 is 0 Å². The molecular formula is C12H12O. The Balaban J connectivity index is 3.09. The lowest BCUT2D eigenvalue weighted by Gasteiger charge is -2.03. The molecule has 1 aromatic rings. The van der Waals surface area contributed by atoms with Crippen LogP contribution in [-0.2, 0) is 0 Å². The smallest absolute Gasteiger partial charge is 0.192 e. The predicted molar refractivity (Wildman–Crippen MR) is 54.8 cm³/mol. The molecule has 1 nitrogen and oxygen atoms in total. The Hall–Kier alpha value is -1.63. The Bertz CT molecular complexity index is 361. The first kappa shape index (κ1) is 9.46. The average Bonchev–Trinajstić information content (AvgIpc) is 2.16. The second-order valence-corrected chi connectivity index (χ2v) is 2.87. The highest BCUT2D eigenvalue weighted by molar-refractivity contribution is 6.10. The van der Waals surface area contributed by atoms with Gasteiger partial charge in [-0.15, -0.1) is 0 Å². The third-order valence-electron chi connectivity index (χ3n) is 1.93. The van der Waals surface area contributed by atoms with Crippen molar-refractivity contribution in [1.82, 2.24) is 0 Å². The molecule has 0 spiro atoms. The summed E-state index contributed by atoms with van der Waals surface area (Å²) in [7, 11) is 0. The molecule has 1 heteroatoms. The van der Waals surface area contributed by atoms with Crippen molar-refractivity contribution in [2.75, 3.05) is 0 Å². The van der Waals surface area contributed by atoms with Crippen LogP contribution in [0.25, 0.3) is 0 Å². The van der Waals surface area contributed by atoms with E-state index in [4.69, 9.17) is 0 Å². The van der Waals surface area contributed by atoms with Crippen LogP contribution in [-0.4, -0.2) is 5.78 Å². The van der Waals surface area contributed by atoms with E-state index in [1.165, 1.54) is 6.08 Å². The fourth-order valence-corrected chi connectivity index (χ4v) is 1.09. The number of ketones is 1. The van der Waals surface area contributed by atoms with Crippen LogP contribution in [0.3, 0.4) is 0 Å². The van der Waals surface area contributed by atoms with Crippen molar-refractivity contribution in [1.29, 1.82) is 0 Å². The number of carbonyl (C=O) groups excluding carboxylic acids is 1. The Kier molecular flexibility index (Phi) is 2.80. The summed E-state index contributed by atoms with van der Waals surface area (Å²) in [4.78, 5) is 11.6. The highest BCUT2D eigenvalue weighted by atomic mass is 16.1. The van der Waals surface area contributed by atoms with Crippen LogP contribution in [0.2, 0.25) is 0 Å². The van der Waals surface area contributed by atoms with E-state index in [-0.39, 0.29) is 5.78 Å². The molecule has 0 aromatic heterocycles. The Labute approximate surface area is 78.4 Å². The SMILES string of the molecule is C=CC(=C)C(=O)c1ccccc1C. The zero-order valence-corrected chi connectivity index (χ0v) is 7.71. The van der Waals surface area contributed by atoms with Crippen LogP contribution in [0.4, 0.5) is 0 Å². The lowest BCUT2D eigenvalue weighted by molar-refractivity contribution is 0.103. The van der Waals surface area contributed by atoms with Gasteiger partial charge in [-0.1, -0.05) is 43.5 Å². The van der Waals surface area contributed by atoms with E-state index in [1.807, 2.05) is 25.1 Å². The number of aryl methyl sites for hydroxylation is 1. The summed E-state index contributed by atoms with van der Waals surface area (Å²) < 4.78 is 0. The van der Waals surface area contributed by atoms with Crippen molar-refractivity contribution in [3.05, 3.63) is 60.2 Å². The molecule has 0 radical (unpaired) electrons. The molecule has 0 unspecified atom stereocenters. The van der Waals surface area contributed by atoms with Gasteiger partial charge in [-0.2, -0.15) is 0 Å². The maximum absolute atomic E-state index is 11.6. The molecule has 0 aliphatic rings. The van der Waals surface area contributed by atoms with Gasteiger partial charge in [0.05, 0.1) is 0 Å². The Morgan fingerprint density at radius 1 is 1.38 bits per heavy atom. The minimum atomic E-state index is -0.0481. The van der Waals surface area contributed by atoms with Crippen LogP contribution < -0.4 is 0 Å². The summed E-state index contributed by atoms with van der Waals surface area (Å²) in [6, 6.07) is 7.45. The quantitative estimate of drug-likeness (QED) is 0.389. The van der Waals surface area contributed by atoms with Gasteiger partial charge in [0.2, 0.25) is 0 Å². The van der Waals surface area contributed by atoms with Gasteiger partial charge in [-0.25, -0.2) is 0 Å². The van der Waals surface area contributed by atoms with Crippen molar-refractivity contribution in [3.63, 3.8) is 0 Å². The number of hydrogen-bond donors (Lipinski definition) is 0. The van der Waals surface area contributed by atoms with E-state index in [0.29, 0.717) is 11.1 Å². The fraction of sp³-hybridized carbons (Fsp3) is 0.0833. The first-order chi connectivity index (χ1) is 6.16. The molecule has 0 saturated carbocycles. The van der Waals surface area contributed by atoms with Crippen molar-refractivity contribution < 1.29 is 4.79 Å². The first-order valence-electron chi connectivity index (χ1n) is 4.08. The average molecular weight is 172 g/mol. The summed E-state index contributed by atoms with van der Waals surface area (Å²) >= 11 is 0. The molecule has 0 bridgehead atoms. The lowest BCUT2D eigenvalue weighted by Crippen LogP contribution is -2.02. The zero-order valence-electron chi connectivity index (χ0n) is 7.71. The summed E-state index contributed by atoms with van der Waals surface area (Å²) in [5, 5.41) is 0. The Morgan fingerprint density at radius 2 is 2.00 bits per heavy atom. The lowest BCUT2D eigenvalue weighted by atomic mass is 10.0. The van der Waals surface area contributed by atoms with E-state index in [0.717, 1.165) is 5.56 Å². The molecule has 0 N–H and O–H groups in total. The van der Waals surface area contributed by atoms with Crippen molar-refractivity contribution in [2.24, 2.45) is 0 Å². The molecule has 0 aliphatic carbocycles. The van der Waals surface area contributed by atoms with Crippen molar-refractivity contribution in [2.45, 2.75) is 6.92 Å². The molecule has 0 fully saturated rings. The third-order valence-corrected chi connectivity index (χ3v) is 1.93. The number of hydrogen-bond acceptors (Lipinski definition) is 1. The van der Waals surface area contributed by atoms with Crippen molar-refractivity contribution >= 4 is 5.78 Å². The number of benzene rings is 1. The topological polar surface area (TPSA) is 17.1 Å². The second-order valence-electron chi connectivity index (χ2n) is 2.87. The molecule has 0 amide bonds. The molecule has 0 saturated heterocycles. The van der Waals surface area contributed by atoms with Gasteiger partial charge in [-0.05, 0) is 12.5 Å². The van der Waals surface area contributed by atoms with Crippen LogP contribution in [0.15, 0.2) is 49.1 Å². The highest BCUT2D eigenvalue weighted by Gasteiger charge is 2.08. The molecule has 1 rings (SSSR count). The van der Waals surface area contributed by atoms with Crippen molar-refractivity contribution in [3.8, 4) is 0 Å². The van der Waals surface area contributed by atoms with Gasteiger partial charge in [-0.3, -0.25) is 4.79 Å². The predicted octanol–water partition coefficient (Wildman–Crippen LogP) is 2.92. The number of carbonyl (C=O) groups is 1. The number of Topliss-reactive ketones (excluding diaryl/α,β-unsaturated/α-hetero) is 1. The molecule has 13 heavy (non-hydrogen) atoms. The van der Waals surface area contributed by atoms with E-state index < -0.39 is 0 Å². The van der Waals surface area contributed by atoms with E-state index in [2.05, 4.69) is 13.2 Å². The minimum Gasteiger partial charge on any atom is -0.289 e. The third kappa shape index (κ3) is 1.94. The molecule has 0 heterocycles. The maximum atomic E-state index is 11.6. The summed E-state index contributed by atoms with van der Waals surface area (Å²) in [5.41, 5.74) is 2.11. The van der Waals surface area contributed by atoms with Gasteiger partial charge in [0, 0.05) is 11.1 Å². The van der Waals surface area contributed by atoms with E-state index in [9.17, 15) is 4.79 Å². The van der Waals surface area contributed by atoms with Gasteiger partial charge in [0.25, 0.3) is 0 Å². The van der Waals surface area contributed by atoms with Gasteiger partial charge in [0.15, 0.2) is 5.78 Å². The molecular weight excluding hydrogens is 160 g/mol. The maximum Gasteiger partial charge on any atom is 0.192 e. The van der Waals surface area contributed by atoms with Gasteiger partial charge in [0.1, 0.15) is 0 Å². The molecule has 0 aliphatic heterocycles. The normalized spacial score (nSPS) is 9.31. The summed E-state index contributed by atoms with van der Waals surface area (Å²) in [6.45, 7) is 9.05. The zero-order chi connectivity index (χ0) is 9.84.